The lowest BCUT2D eigenvalue weighted by Gasteiger charge is -2.40. The van der Waals surface area contributed by atoms with Crippen LogP contribution in [0.1, 0.15) is 106 Å². The van der Waals surface area contributed by atoms with Gasteiger partial charge in [-0.15, -0.1) is 0 Å². The molecule has 0 spiro atoms. The van der Waals surface area contributed by atoms with E-state index < -0.39 is 0 Å². The summed E-state index contributed by atoms with van der Waals surface area (Å²) in [6.07, 6.45) is 17.2. The molecule has 2 heterocycles. The van der Waals surface area contributed by atoms with Gasteiger partial charge in [0.25, 0.3) is 0 Å². The summed E-state index contributed by atoms with van der Waals surface area (Å²) >= 11 is 6.46. The molecule has 2 saturated heterocycles. The second-order valence-corrected chi connectivity index (χ2v) is 16.8. The monoisotopic (exact) mass is 664 g/mol. The smallest absolute Gasteiger partial charge is 0.122 e. The Labute approximate surface area is 295 Å². The molecular formula is C44H57ClN2O. The third-order valence-electron chi connectivity index (χ3n) is 13.9. The number of ether oxygens (including phenoxy) is 1. The van der Waals surface area contributed by atoms with E-state index in [0.717, 1.165) is 58.0 Å². The van der Waals surface area contributed by atoms with Crippen LogP contribution in [0.15, 0.2) is 66.7 Å². The maximum atomic E-state index is 6.46. The number of benzene rings is 3. The maximum Gasteiger partial charge on any atom is 0.122 e. The lowest BCUT2D eigenvalue weighted by Crippen LogP contribution is -2.43. The molecule has 3 aromatic rings. The van der Waals surface area contributed by atoms with E-state index in [1.54, 1.807) is 19.1 Å². The van der Waals surface area contributed by atoms with Crippen molar-refractivity contribution in [2.45, 2.75) is 108 Å². The van der Waals surface area contributed by atoms with Crippen LogP contribution < -0.4 is 4.74 Å². The van der Waals surface area contributed by atoms with Gasteiger partial charge < -0.3 is 14.5 Å². The molecule has 0 amide bonds. The molecule has 4 bridgehead atoms. The molecule has 48 heavy (non-hydrogen) atoms. The molecular weight excluding hydrogens is 608 g/mol. The van der Waals surface area contributed by atoms with Gasteiger partial charge in [0.1, 0.15) is 5.75 Å². The molecule has 3 aromatic carbocycles. The van der Waals surface area contributed by atoms with E-state index in [1.165, 1.54) is 113 Å². The summed E-state index contributed by atoms with van der Waals surface area (Å²) in [6, 6.07) is 25.5. The predicted octanol–water partition coefficient (Wildman–Crippen LogP) is 10.7. The minimum atomic E-state index is 0.576. The number of methoxy groups -OCH3 is 1. The highest BCUT2D eigenvalue weighted by atomic mass is 35.5. The molecule has 4 heteroatoms. The van der Waals surface area contributed by atoms with Crippen molar-refractivity contribution in [3.8, 4) is 16.9 Å². The van der Waals surface area contributed by atoms with Crippen LogP contribution in [0, 0.1) is 30.6 Å². The minimum absolute atomic E-state index is 0.576. The van der Waals surface area contributed by atoms with E-state index >= 15 is 0 Å². The Morgan fingerprint density at radius 3 is 1.69 bits per heavy atom. The van der Waals surface area contributed by atoms with Gasteiger partial charge in [-0.05, 0) is 173 Å². The normalized spacial score (nSPS) is 30.8. The second-order valence-electron chi connectivity index (χ2n) is 16.4. The first-order chi connectivity index (χ1) is 23.5. The molecule has 3 nitrogen and oxygen atoms in total. The zero-order valence-electron chi connectivity index (χ0n) is 29.5. The van der Waals surface area contributed by atoms with E-state index in [9.17, 15) is 0 Å². The van der Waals surface area contributed by atoms with Crippen molar-refractivity contribution in [3.05, 3.63) is 88.4 Å². The Balaban J connectivity index is 0.000000148. The molecule has 4 saturated carbocycles. The third-order valence-corrected chi connectivity index (χ3v) is 14.2. The summed E-state index contributed by atoms with van der Waals surface area (Å²) in [4.78, 5) is 5.66. The van der Waals surface area contributed by atoms with E-state index in [4.69, 9.17) is 16.3 Å². The number of piperidine rings is 2. The van der Waals surface area contributed by atoms with Crippen LogP contribution in [0.5, 0.6) is 5.75 Å². The highest BCUT2D eigenvalue weighted by Crippen LogP contribution is 2.49. The fourth-order valence-corrected chi connectivity index (χ4v) is 11.6. The summed E-state index contributed by atoms with van der Waals surface area (Å²) in [5.74, 6) is 6.56. The van der Waals surface area contributed by atoms with Gasteiger partial charge in [0.2, 0.25) is 0 Å². The van der Waals surface area contributed by atoms with Gasteiger partial charge >= 0.3 is 0 Å². The Morgan fingerprint density at radius 2 is 1.17 bits per heavy atom. The van der Waals surface area contributed by atoms with Crippen LogP contribution in [-0.2, 0) is 0 Å². The Kier molecular flexibility index (Phi) is 9.92. The van der Waals surface area contributed by atoms with Gasteiger partial charge in [-0.25, -0.2) is 0 Å². The average Bonchev–Trinajstić information content (AvgIpc) is 3.96. The number of fused-ring (bicyclic) bond motifs is 4. The zero-order valence-corrected chi connectivity index (χ0v) is 30.2. The average molecular weight is 665 g/mol. The van der Waals surface area contributed by atoms with Crippen molar-refractivity contribution in [2.75, 3.05) is 33.3 Å². The number of halogens is 1. The van der Waals surface area contributed by atoms with Crippen molar-refractivity contribution < 1.29 is 4.74 Å². The molecule has 6 aliphatic rings. The van der Waals surface area contributed by atoms with Gasteiger partial charge in [-0.3, -0.25) is 0 Å². The van der Waals surface area contributed by atoms with Gasteiger partial charge in [-0.2, -0.15) is 0 Å². The number of likely N-dealkylation sites (tertiary alicyclic amines) is 2. The van der Waals surface area contributed by atoms with E-state index in [2.05, 4.69) is 71.3 Å². The molecule has 0 aromatic heterocycles. The first-order valence-corrected chi connectivity index (χ1v) is 19.9. The van der Waals surface area contributed by atoms with Gasteiger partial charge in [-0.1, -0.05) is 73.0 Å². The van der Waals surface area contributed by atoms with E-state index in [-0.39, 0.29) is 0 Å². The molecule has 256 valence electrons. The van der Waals surface area contributed by atoms with Crippen molar-refractivity contribution in [1.29, 1.82) is 0 Å². The predicted molar refractivity (Wildman–Crippen MR) is 200 cm³/mol. The van der Waals surface area contributed by atoms with Crippen molar-refractivity contribution >= 4 is 11.6 Å². The Bertz CT molecular complexity index is 1540. The first kappa shape index (κ1) is 32.9. The van der Waals surface area contributed by atoms with E-state index in [1.807, 2.05) is 12.1 Å². The minimum Gasteiger partial charge on any atom is -0.496 e. The Hall–Kier alpha value is -2.33. The maximum absolute atomic E-state index is 6.46. The van der Waals surface area contributed by atoms with Crippen LogP contribution >= 0.6 is 11.6 Å². The fraction of sp³-hybridized carbons (Fsp3) is 0.591. The van der Waals surface area contributed by atoms with Crippen LogP contribution in [0.25, 0.3) is 11.1 Å². The lowest BCUT2D eigenvalue weighted by molar-refractivity contribution is 0.110. The summed E-state index contributed by atoms with van der Waals surface area (Å²) in [7, 11) is 1.79. The summed E-state index contributed by atoms with van der Waals surface area (Å²) in [5.41, 5.74) is 6.75. The first-order valence-electron chi connectivity index (χ1n) is 19.5. The number of aryl methyl sites for hydroxylation is 1. The SMILES string of the molecule is COc1ccc(-c2ccccc2Cl)cc1C1CCN([C@H]2C[C@H]3CC[C@H]2C3)CC1.Cc1ccccc1C1CCN(C2CC3CCC2C3)CC1. The summed E-state index contributed by atoms with van der Waals surface area (Å²) in [6.45, 7) is 7.42. The van der Waals surface area contributed by atoms with Crippen LogP contribution in [-0.4, -0.2) is 55.2 Å². The third kappa shape index (κ3) is 6.73. The van der Waals surface area contributed by atoms with Crippen molar-refractivity contribution in [3.63, 3.8) is 0 Å². The molecule has 4 aliphatic carbocycles. The summed E-state index contributed by atoms with van der Waals surface area (Å²) in [5, 5.41) is 0.810. The lowest BCUT2D eigenvalue weighted by atomic mass is 9.85. The molecule has 9 rings (SSSR count). The van der Waals surface area contributed by atoms with E-state index in [0.29, 0.717) is 5.92 Å². The second kappa shape index (κ2) is 14.5. The summed E-state index contributed by atoms with van der Waals surface area (Å²) < 4.78 is 5.74. The van der Waals surface area contributed by atoms with Crippen molar-refractivity contribution in [1.82, 2.24) is 9.80 Å². The number of hydrogen-bond donors (Lipinski definition) is 0. The molecule has 0 N–H and O–H groups in total. The molecule has 2 aliphatic heterocycles. The van der Waals surface area contributed by atoms with Crippen molar-refractivity contribution in [2.24, 2.45) is 23.7 Å². The topological polar surface area (TPSA) is 15.7 Å². The number of hydrogen-bond acceptors (Lipinski definition) is 3. The fourth-order valence-electron chi connectivity index (χ4n) is 11.4. The standard InChI is InChI=1S/C25H30ClNO.C19H27N/c1-28-25-9-8-19(21-4-2-3-5-23(21)26)16-22(25)18-10-12-27(13-11-18)24-15-17-6-7-20(24)14-17;1-14-4-2-3-5-18(14)16-8-10-20(11-9-16)19-13-15-6-7-17(19)12-15/h2-5,8-9,16-18,20,24H,6-7,10-15H2,1H3;2-5,15-17,19H,6-13H2,1H3/t17-,20-,24-;/m0./s1. The quantitative estimate of drug-likeness (QED) is 0.261. The molecule has 0 radical (unpaired) electrons. The molecule has 6 atom stereocenters. The number of nitrogens with zero attached hydrogens (tertiary/aromatic N) is 2. The van der Waals surface area contributed by atoms with Crippen LogP contribution in [0.2, 0.25) is 5.02 Å². The van der Waals surface area contributed by atoms with Gasteiger partial charge in [0.05, 0.1) is 7.11 Å². The largest absolute Gasteiger partial charge is 0.496 e. The molecule has 3 unspecified atom stereocenters. The highest BCUT2D eigenvalue weighted by molar-refractivity contribution is 6.33. The van der Waals surface area contributed by atoms with Gasteiger partial charge in [0, 0.05) is 22.7 Å². The van der Waals surface area contributed by atoms with Crippen LogP contribution in [0.4, 0.5) is 0 Å². The molecule has 6 fully saturated rings. The van der Waals surface area contributed by atoms with Gasteiger partial charge in [0.15, 0.2) is 0 Å². The zero-order chi connectivity index (χ0) is 32.6. The highest BCUT2D eigenvalue weighted by Gasteiger charge is 2.44. The Morgan fingerprint density at radius 1 is 0.604 bits per heavy atom. The number of rotatable bonds is 6. The van der Waals surface area contributed by atoms with Crippen LogP contribution in [0.3, 0.4) is 0 Å².